The van der Waals surface area contributed by atoms with Crippen LogP contribution in [0.5, 0.6) is 11.5 Å². The topological polar surface area (TPSA) is 80.7 Å². The molecule has 0 bridgehead atoms. The third-order valence-corrected chi connectivity index (χ3v) is 6.89. The Morgan fingerprint density at radius 3 is 2.35 bits per heavy atom. The van der Waals surface area contributed by atoms with Crippen LogP contribution in [0.15, 0.2) is 29.2 Å². The molecule has 0 unspecified atom stereocenters. The molecular weight excluding hydrogens is 477 g/mol. The van der Waals surface area contributed by atoms with Crippen molar-refractivity contribution in [2.75, 3.05) is 59.3 Å². The maximum atomic E-state index is 13.9. The second-order valence-electron chi connectivity index (χ2n) is 8.12. The molecule has 1 saturated heterocycles. The molecule has 0 amide bonds. The van der Waals surface area contributed by atoms with Crippen LogP contribution in [0.25, 0.3) is 22.0 Å². The number of piperazine rings is 1. The van der Waals surface area contributed by atoms with Gasteiger partial charge in [-0.05, 0) is 19.0 Å². The zero-order valence-electron chi connectivity index (χ0n) is 19.6. The largest absolute Gasteiger partial charge is 0.495 e. The van der Waals surface area contributed by atoms with Gasteiger partial charge in [0.2, 0.25) is 0 Å². The van der Waals surface area contributed by atoms with Gasteiger partial charge in [-0.2, -0.15) is 0 Å². The molecule has 0 saturated carbocycles. The monoisotopic (exact) mass is 505 g/mol. The first kappa shape index (κ1) is 24.6. The lowest BCUT2D eigenvalue weighted by molar-refractivity contribution is 0.234. The summed E-state index contributed by atoms with van der Waals surface area (Å²) in [5.41, 5.74) is 1.39. The molecule has 0 spiro atoms. The highest BCUT2D eigenvalue weighted by molar-refractivity contribution is 6.41. The molecule has 0 aliphatic carbocycles. The summed E-state index contributed by atoms with van der Waals surface area (Å²) in [5.74, 6) is 1.45. The lowest BCUT2D eigenvalue weighted by Crippen LogP contribution is -2.44. The van der Waals surface area contributed by atoms with Gasteiger partial charge in [0.25, 0.3) is 5.56 Å². The predicted octanol–water partition coefficient (Wildman–Crippen LogP) is 3.72. The van der Waals surface area contributed by atoms with Gasteiger partial charge in [0.05, 0.1) is 35.3 Å². The fraction of sp³-hybridized carbons (Fsp3) is 0.417. The number of methoxy groups -OCH3 is 2. The van der Waals surface area contributed by atoms with E-state index in [1.165, 1.54) is 14.2 Å². The summed E-state index contributed by atoms with van der Waals surface area (Å²) in [6.07, 6.45) is 2.58. The SMILES string of the molecule is CNc1cc2c(cn1)cc(-c1c(Cl)c(OC)cc(OC)c1Cl)c(=O)n2CCCN1CCNCC1. The number of hydrogen-bond donors (Lipinski definition) is 2. The maximum Gasteiger partial charge on any atom is 0.259 e. The van der Waals surface area contributed by atoms with E-state index in [9.17, 15) is 4.79 Å². The van der Waals surface area contributed by atoms with E-state index >= 15 is 0 Å². The van der Waals surface area contributed by atoms with Gasteiger partial charge in [-0.25, -0.2) is 4.98 Å². The number of halogens is 2. The van der Waals surface area contributed by atoms with Crippen LogP contribution in [0.3, 0.4) is 0 Å². The number of pyridine rings is 2. The van der Waals surface area contributed by atoms with Gasteiger partial charge in [0.1, 0.15) is 17.3 Å². The van der Waals surface area contributed by atoms with Crippen molar-refractivity contribution in [3.8, 4) is 22.6 Å². The van der Waals surface area contributed by atoms with Gasteiger partial charge in [-0.1, -0.05) is 23.2 Å². The van der Waals surface area contributed by atoms with Gasteiger partial charge in [0.15, 0.2) is 0 Å². The van der Waals surface area contributed by atoms with E-state index in [4.69, 9.17) is 32.7 Å². The quantitative estimate of drug-likeness (QED) is 0.482. The average Bonchev–Trinajstić information content (AvgIpc) is 2.86. The number of benzene rings is 1. The van der Waals surface area contributed by atoms with E-state index in [1.807, 2.05) is 6.07 Å². The number of anilines is 1. The summed E-state index contributed by atoms with van der Waals surface area (Å²) in [5, 5.41) is 7.75. The summed E-state index contributed by atoms with van der Waals surface area (Å²) in [7, 11) is 4.82. The van der Waals surface area contributed by atoms with Crippen molar-refractivity contribution in [1.82, 2.24) is 19.8 Å². The molecule has 1 fully saturated rings. The Labute approximate surface area is 208 Å². The minimum Gasteiger partial charge on any atom is -0.495 e. The number of nitrogens with one attached hydrogen (secondary N) is 2. The maximum absolute atomic E-state index is 13.9. The lowest BCUT2D eigenvalue weighted by Gasteiger charge is -2.27. The average molecular weight is 506 g/mol. The van der Waals surface area contributed by atoms with Crippen LogP contribution in [0, 0.1) is 0 Å². The Morgan fingerprint density at radius 2 is 1.74 bits per heavy atom. The number of nitrogens with zero attached hydrogens (tertiary/aromatic N) is 3. The molecule has 1 aromatic carbocycles. The minimum absolute atomic E-state index is 0.180. The van der Waals surface area contributed by atoms with Crippen molar-refractivity contribution >= 4 is 39.9 Å². The molecule has 182 valence electrons. The molecule has 0 atom stereocenters. The summed E-state index contributed by atoms with van der Waals surface area (Å²) in [6, 6.07) is 5.28. The first-order valence-corrected chi connectivity index (χ1v) is 12.0. The van der Waals surface area contributed by atoms with Crippen molar-refractivity contribution in [3.05, 3.63) is 44.8 Å². The molecule has 34 heavy (non-hydrogen) atoms. The number of rotatable bonds is 8. The second-order valence-corrected chi connectivity index (χ2v) is 8.88. The molecule has 0 radical (unpaired) electrons. The molecule has 2 aromatic heterocycles. The van der Waals surface area contributed by atoms with Crippen LogP contribution in [-0.4, -0.2) is 68.4 Å². The Kier molecular flexibility index (Phi) is 7.83. The van der Waals surface area contributed by atoms with Crippen molar-refractivity contribution in [3.63, 3.8) is 0 Å². The minimum atomic E-state index is -0.180. The number of ether oxygens (including phenoxy) is 2. The number of aromatic nitrogens is 2. The highest BCUT2D eigenvalue weighted by Gasteiger charge is 2.23. The zero-order chi connectivity index (χ0) is 24.2. The predicted molar refractivity (Wildman–Crippen MR) is 138 cm³/mol. The normalized spacial score (nSPS) is 14.4. The van der Waals surface area contributed by atoms with Crippen molar-refractivity contribution in [2.24, 2.45) is 0 Å². The van der Waals surface area contributed by atoms with Crippen LogP contribution in [-0.2, 0) is 6.54 Å². The molecule has 2 N–H and O–H groups in total. The zero-order valence-corrected chi connectivity index (χ0v) is 21.1. The number of aryl methyl sites for hydroxylation is 1. The van der Waals surface area contributed by atoms with Crippen LogP contribution >= 0.6 is 23.2 Å². The molecular formula is C24H29Cl2N5O3. The first-order valence-electron chi connectivity index (χ1n) is 11.2. The van der Waals surface area contributed by atoms with E-state index in [2.05, 4.69) is 20.5 Å². The van der Waals surface area contributed by atoms with Crippen LogP contribution in [0.4, 0.5) is 5.82 Å². The van der Waals surface area contributed by atoms with Gasteiger partial charge in [-0.3, -0.25) is 4.79 Å². The molecule has 1 aliphatic heterocycles. The van der Waals surface area contributed by atoms with E-state index in [0.717, 1.165) is 50.0 Å². The Hall–Kier alpha value is -2.52. The van der Waals surface area contributed by atoms with Gasteiger partial charge < -0.3 is 29.6 Å². The number of fused-ring (bicyclic) bond motifs is 1. The summed E-state index contributed by atoms with van der Waals surface area (Å²) in [4.78, 5) is 20.7. The molecule has 4 rings (SSSR count). The highest BCUT2D eigenvalue weighted by Crippen LogP contribution is 2.45. The standard InChI is InChI=1S/C24H29Cl2N5O3/c1-27-20-12-17-15(14-29-20)11-16(21-22(25)18(33-2)13-19(34-3)23(21)26)24(32)31(17)8-4-7-30-9-5-28-6-10-30/h11-14,28H,4-10H2,1-3H3,(H,27,29). The third-order valence-electron chi connectivity index (χ3n) is 6.14. The molecule has 8 nitrogen and oxygen atoms in total. The van der Waals surface area contributed by atoms with Crippen molar-refractivity contribution < 1.29 is 9.47 Å². The Balaban J connectivity index is 1.84. The fourth-order valence-electron chi connectivity index (χ4n) is 4.32. The van der Waals surface area contributed by atoms with Crippen LogP contribution in [0.1, 0.15) is 6.42 Å². The Bertz CT molecular complexity index is 1210. The van der Waals surface area contributed by atoms with Gasteiger partial charge in [-0.15, -0.1) is 0 Å². The highest BCUT2D eigenvalue weighted by atomic mass is 35.5. The fourth-order valence-corrected chi connectivity index (χ4v) is 5.02. The first-order chi connectivity index (χ1) is 16.5. The lowest BCUT2D eigenvalue weighted by atomic mass is 10.0. The van der Waals surface area contributed by atoms with E-state index in [0.29, 0.717) is 35.0 Å². The van der Waals surface area contributed by atoms with Crippen molar-refractivity contribution in [1.29, 1.82) is 0 Å². The van der Waals surface area contributed by atoms with E-state index in [-0.39, 0.29) is 15.6 Å². The smallest absolute Gasteiger partial charge is 0.259 e. The molecule has 3 heterocycles. The summed E-state index contributed by atoms with van der Waals surface area (Å²) >= 11 is 13.3. The molecule has 3 aromatic rings. The molecule has 10 heteroatoms. The van der Waals surface area contributed by atoms with Crippen LogP contribution in [0.2, 0.25) is 10.0 Å². The Morgan fingerprint density at radius 1 is 1.06 bits per heavy atom. The van der Waals surface area contributed by atoms with Gasteiger partial charge in [0, 0.05) is 69.1 Å². The van der Waals surface area contributed by atoms with E-state index < -0.39 is 0 Å². The van der Waals surface area contributed by atoms with Crippen LogP contribution < -0.4 is 25.7 Å². The third kappa shape index (κ3) is 4.81. The summed E-state index contributed by atoms with van der Waals surface area (Å²) in [6.45, 7) is 5.47. The number of hydrogen-bond acceptors (Lipinski definition) is 7. The van der Waals surface area contributed by atoms with E-state index in [1.54, 1.807) is 29.9 Å². The second kappa shape index (κ2) is 10.8. The summed E-state index contributed by atoms with van der Waals surface area (Å²) < 4.78 is 12.6. The van der Waals surface area contributed by atoms with Crippen molar-refractivity contribution in [2.45, 2.75) is 13.0 Å². The van der Waals surface area contributed by atoms with Gasteiger partial charge >= 0.3 is 0 Å². The molecule has 1 aliphatic rings.